The second-order valence-corrected chi connectivity index (χ2v) is 3.53. The molecule has 1 unspecified atom stereocenters. The third-order valence-corrected chi connectivity index (χ3v) is 2.55. The van der Waals surface area contributed by atoms with E-state index < -0.39 is 12.3 Å². The number of hydrogen-bond donors (Lipinski definition) is 1. The molecule has 0 spiro atoms. The van der Waals surface area contributed by atoms with Crippen LogP contribution in [0.5, 0.6) is 0 Å². The minimum absolute atomic E-state index is 0.470. The molecule has 0 bridgehead atoms. The van der Waals surface area contributed by atoms with Crippen LogP contribution in [-0.2, 0) is 12.8 Å². The number of anilines is 1. The molecule has 70 valence electrons. The van der Waals surface area contributed by atoms with Gasteiger partial charge in [-0.15, -0.1) is 0 Å². The molecule has 0 fully saturated rings. The van der Waals surface area contributed by atoms with Gasteiger partial charge in [-0.25, -0.2) is 8.78 Å². The SMILES string of the molecule is Nc1ccc2c(c1)CC(C(F)F)C2. The Morgan fingerprint density at radius 2 is 1.92 bits per heavy atom. The third-order valence-electron chi connectivity index (χ3n) is 2.55. The van der Waals surface area contributed by atoms with Gasteiger partial charge in [-0.2, -0.15) is 0 Å². The van der Waals surface area contributed by atoms with E-state index in [-0.39, 0.29) is 0 Å². The number of nitrogen functional groups attached to an aromatic ring is 1. The van der Waals surface area contributed by atoms with E-state index in [0.717, 1.165) is 11.1 Å². The lowest BCUT2D eigenvalue weighted by Gasteiger charge is -2.04. The molecule has 13 heavy (non-hydrogen) atoms. The lowest BCUT2D eigenvalue weighted by molar-refractivity contribution is 0.0824. The summed E-state index contributed by atoms with van der Waals surface area (Å²) in [5, 5.41) is 0. The predicted octanol–water partition coefficient (Wildman–Crippen LogP) is 2.25. The summed E-state index contributed by atoms with van der Waals surface area (Å²) in [4.78, 5) is 0. The van der Waals surface area contributed by atoms with Gasteiger partial charge in [0.1, 0.15) is 0 Å². The number of alkyl halides is 2. The minimum Gasteiger partial charge on any atom is -0.399 e. The molecule has 1 aromatic rings. The van der Waals surface area contributed by atoms with E-state index in [9.17, 15) is 8.78 Å². The van der Waals surface area contributed by atoms with Gasteiger partial charge in [0, 0.05) is 11.6 Å². The predicted molar refractivity (Wildman–Crippen MR) is 47.8 cm³/mol. The third kappa shape index (κ3) is 1.50. The fraction of sp³-hybridized carbons (Fsp3) is 0.400. The van der Waals surface area contributed by atoms with Crippen LogP contribution in [0.25, 0.3) is 0 Å². The van der Waals surface area contributed by atoms with Crippen LogP contribution in [0.1, 0.15) is 11.1 Å². The molecule has 0 amide bonds. The summed E-state index contributed by atoms with van der Waals surface area (Å²) in [7, 11) is 0. The first-order valence-electron chi connectivity index (χ1n) is 4.32. The van der Waals surface area contributed by atoms with Crippen molar-refractivity contribution >= 4 is 5.69 Å². The molecule has 1 aliphatic rings. The van der Waals surface area contributed by atoms with Crippen molar-refractivity contribution in [3.63, 3.8) is 0 Å². The van der Waals surface area contributed by atoms with E-state index >= 15 is 0 Å². The Balaban J connectivity index is 2.25. The summed E-state index contributed by atoms with van der Waals surface area (Å²) in [5.74, 6) is -0.503. The summed E-state index contributed by atoms with van der Waals surface area (Å²) in [6, 6.07) is 5.43. The van der Waals surface area contributed by atoms with Gasteiger partial charge in [-0.3, -0.25) is 0 Å². The van der Waals surface area contributed by atoms with Crippen LogP contribution in [0, 0.1) is 5.92 Å². The van der Waals surface area contributed by atoms with Crippen molar-refractivity contribution < 1.29 is 8.78 Å². The van der Waals surface area contributed by atoms with Crippen LogP contribution >= 0.6 is 0 Å². The Hall–Kier alpha value is -1.12. The molecule has 3 heteroatoms. The van der Waals surface area contributed by atoms with Crippen molar-refractivity contribution in [3.8, 4) is 0 Å². The van der Waals surface area contributed by atoms with Crippen LogP contribution in [0.2, 0.25) is 0 Å². The fourth-order valence-electron chi connectivity index (χ4n) is 1.85. The molecule has 0 saturated carbocycles. The van der Waals surface area contributed by atoms with Crippen molar-refractivity contribution in [3.05, 3.63) is 29.3 Å². The van der Waals surface area contributed by atoms with Crippen LogP contribution in [0.4, 0.5) is 14.5 Å². The maximum absolute atomic E-state index is 12.4. The first-order valence-corrected chi connectivity index (χ1v) is 4.32. The smallest absolute Gasteiger partial charge is 0.242 e. The maximum Gasteiger partial charge on any atom is 0.242 e. The molecule has 2 rings (SSSR count). The molecule has 1 atom stereocenters. The van der Waals surface area contributed by atoms with E-state index in [2.05, 4.69) is 0 Å². The van der Waals surface area contributed by atoms with E-state index in [1.807, 2.05) is 6.07 Å². The zero-order valence-electron chi connectivity index (χ0n) is 7.13. The zero-order chi connectivity index (χ0) is 9.42. The summed E-state index contributed by atoms with van der Waals surface area (Å²) in [6.45, 7) is 0. The largest absolute Gasteiger partial charge is 0.399 e. The molecule has 0 saturated heterocycles. The summed E-state index contributed by atoms with van der Waals surface area (Å²) in [6.07, 6.45) is -1.25. The van der Waals surface area contributed by atoms with Crippen molar-refractivity contribution in [1.29, 1.82) is 0 Å². The summed E-state index contributed by atoms with van der Waals surface area (Å²) < 4.78 is 24.7. The fourth-order valence-corrected chi connectivity index (χ4v) is 1.85. The van der Waals surface area contributed by atoms with Crippen LogP contribution in [0.15, 0.2) is 18.2 Å². The van der Waals surface area contributed by atoms with Crippen molar-refractivity contribution in [1.82, 2.24) is 0 Å². The molecule has 1 nitrogen and oxygen atoms in total. The molecule has 0 aliphatic heterocycles. The average Bonchev–Trinajstić information content (AvgIpc) is 2.46. The molecule has 0 heterocycles. The maximum atomic E-state index is 12.4. The number of nitrogens with two attached hydrogens (primary N) is 1. The Morgan fingerprint density at radius 1 is 1.23 bits per heavy atom. The van der Waals surface area contributed by atoms with Crippen LogP contribution in [-0.4, -0.2) is 6.43 Å². The van der Waals surface area contributed by atoms with Crippen molar-refractivity contribution in [2.45, 2.75) is 19.3 Å². The summed E-state index contributed by atoms with van der Waals surface area (Å²) >= 11 is 0. The van der Waals surface area contributed by atoms with Crippen molar-refractivity contribution in [2.75, 3.05) is 5.73 Å². The Labute approximate surface area is 75.6 Å². The lowest BCUT2D eigenvalue weighted by Crippen LogP contribution is -2.10. The molecule has 1 aromatic carbocycles. The first kappa shape index (κ1) is 8.48. The molecule has 2 N–H and O–H groups in total. The lowest BCUT2D eigenvalue weighted by atomic mass is 10.1. The highest BCUT2D eigenvalue weighted by molar-refractivity contribution is 5.46. The Bertz CT molecular complexity index is 323. The number of rotatable bonds is 1. The summed E-state index contributed by atoms with van der Waals surface area (Å²) in [5.41, 5.74) is 8.24. The van der Waals surface area contributed by atoms with Gasteiger partial charge >= 0.3 is 0 Å². The monoisotopic (exact) mass is 183 g/mol. The van der Waals surface area contributed by atoms with E-state index in [1.54, 1.807) is 12.1 Å². The van der Waals surface area contributed by atoms with Gasteiger partial charge in [0.15, 0.2) is 0 Å². The quantitative estimate of drug-likeness (QED) is 0.664. The van der Waals surface area contributed by atoms with Crippen LogP contribution < -0.4 is 5.73 Å². The highest BCUT2D eigenvalue weighted by Gasteiger charge is 2.28. The molecule has 0 aromatic heterocycles. The highest BCUT2D eigenvalue weighted by atomic mass is 19.3. The standard InChI is InChI=1S/C10H11F2N/c11-10(12)8-3-6-1-2-9(13)5-7(6)4-8/h1-2,5,8,10H,3-4,13H2. The van der Waals surface area contributed by atoms with Gasteiger partial charge in [0.05, 0.1) is 0 Å². The van der Waals surface area contributed by atoms with Gasteiger partial charge in [0.25, 0.3) is 0 Å². The van der Waals surface area contributed by atoms with Crippen LogP contribution in [0.3, 0.4) is 0 Å². The second-order valence-electron chi connectivity index (χ2n) is 3.53. The average molecular weight is 183 g/mol. The number of halogens is 2. The first-order chi connectivity index (χ1) is 6.16. The zero-order valence-corrected chi connectivity index (χ0v) is 7.13. The van der Waals surface area contributed by atoms with E-state index in [4.69, 9.17) is 5.73 Å². The molecular formula is C10H11F2N. The minimum atomic E-state index is -2.21. The van der Waals surface area contributed by atoms with Gasteiger partial charge in [0.2, 0.25) is 6.43 Å². The van der Waals surface area contributed by atoms with Gasteiger partial charge in [-0.05, 0) is 36.1 Å². The topological polar surface area (TPSA) is 26.0 Å². The van der Waals surface area contributed by atoms with E-state index in [0.29, 0.717) is 18.5 Å². The van der Waals surface area contributed by atoms with Gasteiger partial charge in [-0.1, -0.05) is 6.07 Å². The highest BCUT2D eigenvalue weighted by Crippen LogP contribution is 2.31. The number of fused-ring (bicyclic) bond motifs is 1. The molecular weight excluding hydrogens is 172 g/mol. The number of hydrogen-bond acceptors (Lipinski definition) is 1. The van der Waals surface area contributed by atoms with Crippen molar-refractivity contribution in [2.24, 2.45) is 5.92 Å². The Morgan fingerprint density at radius 3 is 2.62 bits per heavy atom. The number of benzene rings is 1. The molecule has 1 aliphatic carbocycles. The second kappa shape index (κ2) is 2.98. The Kier molecular flexibility index (Phi) is 1.94. The van der Waals surface area contributed by atoms with E-state index in [1.165, 1.54) is 0 Å². The normalized spacial score (nSPS) is 20.7. The van der Waals surface area contributed by atoms with Gasteiger partial charge < -0.3 is 5.73 Å². The molecule has 0 radical (unpaired) electrons.